The molecule has 0 radical (unpaired) electrons. The Balaban J connectivity index is 2.93. The lowest BCUT2D eigenvalue weighted by Crippen LogP contribution is -2.22. The van der Waals surface area contributed by atoms with Gasteiger partial charge in [0, 0.05) is 14.1 Å². The third-order valence-electron chi connectivity index (χ3n) is 1.26. The van der Waals surface area contributed by atoms with Gasteiger partial charge in [-0.15, -0.1) is 0 Å². The average Bonchev–Trinajstić information content (AvgIpc) is 2.33. The van der Waals surface area contributed by atoms with Gasteiger partial charge in [-0.1, -0.05) is 5.16 Å². The summed E-state index contributed by atoms with van der Waals surface area (Å²) in [6.45, 7) is 1.67. The minimum Gasteiger partial charge on any atom is -0.343 e. The number of aromatic nitrogens is 2. The van der Waals surface area contributed by atoms with Crippen LogP contribution >= 0.6 is 0 Å². The van der Waals surface area contributed by atoms with Crippen LogP contribution in [0.25, 0.3) is 0 Å². The van der Waals surface area contributed by atoms with Crippen molar-refractivity contribution in [3.05, 3.63) is 11.4 Å². The molecule has 1 aromatic heterocycles. The van der Waals surface area contributed by atoms with Gasteiger partial charge in [0.1, 0.15) is 5.69 Å². The minimum absolute atomic E-state index is 0.191. The fourth-order valence-corrected chi connectivity index (χ4v) is 0.637. The first kappa shape index (κ1) is 7.71. The van der Waals surface area contributed by atoms with E-state index in [4.69, 9.17) is 0 Å². The molecule has 0 fully saturated rings. The molecule has 0 saturated carbocycles. The highest BCUT2D eigenvalue weighted by molar-refractivity contribution is 5.92. The topological polar surface area (TPSA) is 59.2 Å². The number of rotatable bonds is 1. The van der Waals surface area contributed by atoms with Crippen molar-refractivity contribution in [2.75, 3.05) is 14.1 Å². The van der Waals surface area contributed by atoms with E-state index in [-0.39, 0.29) is 11.6 Å². The Morgan fingerprint density at radius 1 is 1.45 bits per heavy atom. The highest BCUT2D eigenvalue weighted by atomic mass is 16.6. The molecule has 1 heterocycles. The zero-order valence-corrected chi connectivity index (χ0v) is 6.66. The van der Waals surface area contributed by atoms with E-state index in [0.717, 1.165) is 0 Å². The number of hydrogen-bond donors (Lipinski definition) is 0. The number of aryl methyl sites for hydroxylation is 1. The van der Waals surface area contributed by atoms with Crippen LogP contribution in [0.1, 0.15) is 16.2 Å². The fraction of sp³-hybridized carbons (Fsp3) is 0.500. The summed E-state index contributed by atoms with van der Waals surface area (Å²) in [4.78, 5) is 12.6. The molecule has 0 unspecified atom stereocenters. The third-order valence-corrected chi connectivity index (χ3v) is 1.26. The summed E-state index contributed by atoms with van der Waals surface area (Å²) < 4.78 is 4.37. The van der Waals surface area contributed by atoms with E-state index >= 15 is 0 Å². The molecular formula is C6H9N3O2. The summed E-state index contributed by atoms with van der Waals surface area (Å²) in [5, 5.41) is 6.95. The monoisotopic (exact) mass is 155 g/mol. The summed E-state index contributed by atoms with van der Waals surface area (Å²) in [6.07, 6.45) is 0. The van der Waals surface area contributed by atoms with Crippen LogP contribution in [0.15, 0.2) is 4.63 Å². The molecule has 5 nitrogen and oxygen atoms in total. The maximum Gasteiger partial charge on any atom is 0.277 e. The Bertz CT molecular complexity index is 267. The molecule has 0 saturated heterocycles. The Kier molecular flexibility index (Phi) is 1.89. The van der Waals surface area contributed by atoms with Gasteiger partial charge < -0.3 is 4.90 Å². The van der Waals surface area contributed by atoms with Crippen LogP contribution in [0.3, 0.4) is 0 Å². The molecule has 1 amide bonds. The Morgan fingerprint density at radius 2 is 2.09 bits per heavy atom. The predicted molar refractivity (Wildman–Crippen MR) is 37.1 cm³/mol. The number of hydrogen-bond acceptors (Lipinski definition) is 4. The summed E-state index contributed by atoms with van der Waals surface area (Å²) in [5.41, 5.74) is 0.790. The maximum absolute atomic E-state index is 11.2. The van der Waals surface area contributed by atoms with Gasteiger partial charge in [-0.2, -0.15) is 0 Å². The van der Waals surface area contributed by atoms with E-state index in [1.54, 1.807) is 21.0 Å². The highest BCUT2D eigenvalue weighted by Gasteiger charge is 2.15. The first-order valence-electron chi connectivity index (χ1n) is 3.13. The zero-order valence-electron chi connectivity index (χ0n) is 6.66. The van der Waals surface area contributed by atoms with Crippen molar-refractivity contribution in [2.24, 2.45) is 0 Å². The maximum atomic E-state index is 11.2. The fourth-order valence-electron chi connectivity index (χ4n) is 0.637. The lowest BCUT2D eigenvalue weighted by atomic mass is 10.3. The van der Waals surface area contributed by atoms with E-state index in [1.807, 2.05) is 0 Å². The lowest BCUT2D eigenvalue weighted by Gasteiger charge is -2.05. The molecule has 60 valence electrons. The molecule has 0 aliphatic carbocycles. The predicted octanol–water partition coefficient (Wildman–Crippen LogP) is 0.0798. The molecule has 11 heavy (non-hydrogen) atoms. The van der Waals surface area contributed by atoms with E-state index < -0.39 is 0 Å². The van der Waals surface area contributed by atoms with Gasteiger partial charge in [0.15, 0.2) is 5.69 Å². The first-order valence-corrected chi connectivity index (χ1v) is 3.13. The van der Waals surface area contributed by atoms with E-state index in [9.17, 15) is 4.79 Å². The van der Waals surface area contributed by atoms with Gasteiger partial charge in [-0.3, -0.25) is 4.79 Å². The quantitative estimate of drug-likeness (QED) is 0.576. The number of amides is 1. The average molecular weight is 155 g/mol. The molecule has 5 heteroatoms. The second kappa shape index (κ2) is 2.69. The summed E-state index contributed by atoms with van der Waals surface area (Å²) >= 11 is 0. The van der Waals surface area contributed by atoms with Crippen molar-refractivity contribution in [3.63, 3.8) is 0 Å². The molecule has 0 aliphatic heterocycles. The van der Waals surface area contributed by atoms with Gasteiger partial charge in [-0.25, -0.2) is 4.63 Å². The van der Waals surface area contributed by atoms with Crippen LogP contribution in [-0.2, 0) is 0 Å². The van der Waals surface area contributed by atoms with Crippen molar-refractivity contribution >= 4 is 5.91 Å². The Morgan fingerprint density at radius 3 is 2.45 bits per heavy atom. The highest BCUT2D eigenvalue weighted by Crippen LogP contribution is 2.02. The molecular weight excluding hydrogens is 146 g/mol. The van der Waals surface area contributed by atoms with E-state index in [2.05, 4.69) is 14.9 Å². The van der Waals surface area contributed by atoms with Crippen molar-refractivity contribution in [2.45, 2.75) is 6.92 Å². The van der Waals surface area contributed by atoms with Gasteiger partial charge >= 0.3 is 0 Å². The van der Waals surface area contributed by atoms with Crippen LogP contribution in [-0.4, -0.2) is 35.2 Å². The number of carbonyl (C=O) groups is 1. The van der Waals surface area contributed by atoms with E-state index in [0.29, 0.717) is 5.69 Å². The molecule has 0 bridgehead atoms. The van der Waals surface area contributed by atoms with Crippen LogP contribution in [0.5, 0.6) is 0 Å². The molecule has 0 aromatic carbocycles. The summed E-state index contributed by atoms with van der Waals surface area (Å²) in [5.74, 6) is -0.191. The minimum atomic E-state index is -0.191. The molecule has 1 aromatic rings. The van der Waals surface area contributed by atoms with Crippen LogP contribution in [0.2, 0.25) is 0 Å². The first-order chi connectivity index (χ1) is 5.13. The van der Waals surface area contributed by atoms with Gasteiger partial charge in [0.2, 0.25) is 0 Å². The number of nitrogens with zero attached hydrogens (tertiary/aromatic N) is 3. The van der Waals surface area contributed by atoms with Crippen molar-refractivity contribution in [3.8, 4) is 0 Å². The molecule has 0 atom stereocenters. The van der Waals surface area contributed by atoms with Crippen molar-refractivity contribution < 1.29 is 9.42 Å². The van der Waals surface area contributed by atoms with Crippen LogP contribution < -0.4 is 0 Å². The van der Waals surface area contributed by atoms with Gasteiger partial charge in [-0.05, 0) is 12.1 Å². The molecule has 0 spiro atoms. The smallest absolute Gasteiger partial charge is 0.277 e. The largest absolute Gasteiger partial charge is 0.343 e. The summed E-state index contributed by atoms with van der Waals surface area (Å²) in [7, 11) is 3.30. The third kappa shape index (κ3) is 1.36. The SMILES string of the molecule is Cc1nonc1C(=O)N(C)C. The number of carbonyl (C=O) groups excluding carboxylic acids is 1. The van der Waals surface area contributed by atoms with E-state index in [1.165, 1.54) is 4.90 Å². The van der Waals surface area contributed by atoms with Crippen molar-refractivity contribution in [1.82, 2.24) is 15.2 Å². The normalized spacial score (nSPS) is 9.73. The second-order valence-corrected chi connectivity index (χ2v) is 2.40. The van der Waals surface area contributed by atoms with Gasteiger partial charge in [0.05, 0.1) is 0 Å². The second-order valence-electron chi connectivity index (χ2n) is 2.40. The van der Waals surface area contributed by atoms with Crippen LogP contribution in [0.4, 0.5) is 0 Å². The molecule has 1 rings (SSSR count). The van der Waals surface area contributed by atoms with Gasteiger partial charge in [0.25, 0.3) is 5.91 Å². The Labute approximate surface area is 63.9 Å². The molecule has 0 aliphatic rings. The standard InChI is InChI=1S/C6H9N3O2/c1-4-5(8-11-7-4)6(10)9(2)3/h1-3H3. The lowest BCUT2D eigenvalue weighted by molar-refractivity contribution is 0.0816. The Hall–Kier alpha value is -1.39. The van der Waals surface area contributed by atoms with Crippen molar-refractivity contribution in [1.29, 1.82) is 0 Å². The molecule has 0 N–H and O–H groups in total. The van der Waals surface area contributed by atoms with Crippen LogP contribution in [0, 0.1) is 6.92 Å². The zero-order chi connectivity index (χ0) is 8.43. The summed E-state index contributed by atoms with van der Waals surface area (Å²) in [6, 6.07) is 0.